The van der Waals surface area contributed by atoms with E-state index in [1.165, 1.54) is 35.9 Å². The molecule has 0 aliphatic rings. The number of carbonyl (C=O) groups excluding carboxylic acids is 2. The third-order valence-electron chi connectivity index (χ3n) is 4.50. The van der Waals surface area contributed by atoms with Crippen LogP contribution < -0.4 is 14.8 Å². The third kappa shape index (κ3) is 3.83. The molecule has 1 amide bonds. The summed E-state index contributed by atoms with van der Waals surface area (Å²) in [4.78, 5) is 24.4. The molecule has 0 atom stereocenters. The van der Waals surface area contributed by atoms with Crippen LogP contribution >= 0.6 is 0 Å². The minimum atomic E-state index is -0.465. The minimum Gasteiger partial charge on any atom is -0.493 e. The second kappa shape index (κ2) is 8.12. The number of hydrogen-bond acceptors (Lipinski definition) is 4. The molecular formula is C21H21FN2O4. The van der Waals surface area contributed by atoms with Gasteiger partial charge in [-0.15, -0.1) is 0 Å². The molecule has 0 unspecified atom stereocenters. The van der Waals surface area contributed by atoms with Gasteiger partial charge in [-0.05, 0) is 42.3 Å². The smallest absolute Gasteiger partial charge is 0.253 e. The van der Waals surface area contributed by atoms with Gasteiger partial charge in [0.25, 0.3) is 5.91 Å². The van der Waals surface area contributed by atoms with Gasteiger partial charge in [0, 0.05) is 25.1 Å². The molecule has 28 heavy (non-hydrogen) atoms. The second-order valence-electron chi connectivity index (χ2n) is 6.29. The lowest BCUT2D eigenvalue weighted by molar-refractivity contribution is 0.0941. The van der Waals surface area contributed by atoms with Gasteiger partial charge in [0.15, 0.2) is 11.5 Å². The highest BCUT2D eigenvalue weighted by Gasteiger charge is 2.17. The van der Waals surface area contributed by atoms with Gasteiger partial charge in [-0.1, -0.05) is 6.07 Å². The van der Waals surface area contributed by atoms with E-state index in [2.05, 4.69) is 5.32 Å². The number of methoxy groups -OCH3 is 2. The molecule has 0 saturated heterocycles. The quantitative estimate of drug-likeness (QED) is 0.707. The van der Waals surface area contributed by atoms with Crippen molar-refractivity contribution in [1.29, 1.82) is 0 Å². The lowest BCUT2D eigenvalue weighted by Crippen LogP contribution is -2.25. The van der Waals surface area contributed by atoms with Gasteiger partial charge in [0.1, 0.15) is 5.82 Å². The SMILES string of the molecule is COc1ccc(CCNC(=O)c2cn(C(C)=O)c3ccc(F)cc23)cc1OC. The minimum absolute atomic E-state index is 0.249. The summed E-state index contributed by atoms with van der Waals surface area (Å²) in [6.07, 6.45) is 2.02. The first kappa shape index (κ1) is 19.4. The molecule has 0 saturated carbocycles. The Hall–Kier alpha value is -3.35. The Bertz CT molecular complexity index is 1040. The summed E-state index contributed by atoms with van der Waals surface area (Å²) in [5.41, 5.74) is 1.73. The summed E-state index contributed by atoms with van der Waals surface area (Å²) in [7, 11) is 3.13. The van der Waals surface area contributed by atoms with Crippen LogP contribution in [0.2, 0.25) is 0 Å². The monoisotopic (exact) mass is 384 g/mol. The molecule has 6 nitrogen and oxygen atoms in total. The summed E-state index contributed by atoms with van der Waals surface area (Å²) in [6.45, 7) is 1.76. The first-order valence-corrected chi connectivity index (χ1v) is 8.75. The number of rotatable bonds is 6. The zero-order valence-electron chi connectivity index (χ0n) is 15.9. The van der Waals surface area contributed by atoms with E-state index in [-0.39, 0.29) is 17.4 Å². The highest BCUT2D eigenvalue weighted by Crippen LogP contribution is 2.27. The lowest BCUT2D eigenvalue weighted by atomic mass is 10.1. The molecule has 7 heteroatoms. The van der Waals surface area contributed by atoms with Crippen LogP contribution in [0.25, 0.3) is 10.9 Å². The lowest BCUT2D eigenvalue weighted by Gasteiger charge is -2.10. The average Bonchev–Trinajstić information content (AvgIpc) is 3.06. The van der Waals surface area contributed by atoms with E-state index in [1.807, 2.05) is 12.1 Å². The Morgan fingerprint density at radius 1 is 1.07 bits per heavy atom. The standard InChI is InChI=1S/C21H21FN2O4/c1-13(25)24-12-17(16-11-15(22)5-6-18(16)24)21(26)23-9-8-14-4-7-19(27-2)20(10-14)28-3/h4-7,10-12H,8-9H2,1-3H3,(H,23,26). The van der Waals surface area contributed by atoms with Gasteiger partial charge < -0.3 is 14.8 Å². The van der Waals surface area contributed by atoms with E-state index in [1.54, 1.807) is 20.3 Å². The molecule has 3 aromatic rings. The van der Waals surface area contributed by atoms with Gasteiger partial charge in [0.05, 0.1) is 25.3 Å². The summed E-state index contributed by atoms with van der Waals surface area (Å²) < 4.78 is 25.5. The maximum absolute atomic E-state index is 13.6. The van der Waals surface area contributed by atoms with Crippen molar-refractivity contribution < 1.29 is 23.5 Å². The van der Waals surface area contributed by atoms with E-state index in [0.29, 0.717) is 35.4 Å². The molecule has 0 fully saturated rings. The van der Waals surface area contributed by atoms with Crippen molar-refractivity contribution in [2.24, 2.45) is 0 Å². The van der Waals surface area contributed by atoms with E-state index in [0.717, 1.165) is 5.56 Å². The zero-order valence-corrected chi connectivity index (χ0v) is 15.9. The van der Waals surface area contributed by atoms with E-state index >= 15 is 0 Å². The molecular weight excluding hydrogens is 363 g/mol. The number of ether oxygens (including phenoxy) is 2. The Kier molecular flexibility index (Phi) is 5.63. The Balaban J connectivity index is 1.75. The maximum atomic E-state index is 13.6. The van der Waals surface area contributed by atoms with Crippen LogP contribution in [0.5, 0.6) is 11.5 Å². The molecule has 0 bridgehead atoms. The fraction of sp³-hybridized carbons (Fsp3) is 0.238. The van der Waals surface area contributed by atoms with E-state index in [4.69, 9.17) is 9.47 Å². The van der Waals surface area contributed by atoms with Crippen LogP contribution in [-0.2, 0) is 6.42 Å². The number of halogens is 1. The van der Waals surface area contributed by atoms with Crippen molar-refractivity contribution in [1.82, 2.24) is 9.88 Å². The normalized spacial score (nSPS) is 10.7. The highest BCUT2D eigenvalue weighted by atomic mass is 19.1. The number of amides is 1. The number of carbonyl (C=O) groups is 2. The van der Waals surface area contributed by atoms with Crippen LogP contribution in [0, 0.1) is 5.82 Å². The fourth-order valence-corrected chi connectivity index (χ4v) is 3.10. The zero-order chi connectivity index (χ0) is 20.3. The summed E-state index contributed by atoms with van der Waals surface area (Å²) in [6, 6.07) is 9.57. The molecule has 0 aliphatic heterocycles. The van der Waals surface area contributed by atoms with Crippen molar-refractivity contribution in [2.75, 3.05) is 20.8 Å². The van der Waals surface area contributed by atoms with Gasteiger partial charge in [-0.2, -0.15) is 0 Å². The molecule has 0 radical (unpaired) electrons. The predicted octanol–water partition coefficient (Wildman–Crippen LogP) is 3.43. The van der Waals surface area contributed by atoms with Crippen molar-refractivity contribution in [3.63, 3.8) is 0 Å². The van der Waals surface area contributed by atoms with Crippen LogP contribution in [0.4, 0.5) is 4.39 Å². The Morgan fingerprint density at radius 2 is 1.82 bits per heavy atom. The van der Waals surface area contributed by atoms with Crippen molar-refractivity contribution in [3.8, 4) is 11.5 Å². The summed E-state index contributed by atoms with van der Waals surface area (Å²) in [5, 5.41) is 3.22. The van der Waals surface area contributed by atoms with E-state index < -0.39 is 5.82 Å². The van der Waals surface area contributed by atoms with Gasteiger partial charge in [-0.25, -0.2) is 4.39 Å². The first-order valence-electron chi connectivity index (χ1n) is 8.75. The largest absolute Gasteiger partial charge is 0.493 e. The van der Waals surface area contributed by atoms with Crippen LogP contribution in [-0.4, -0.2) is 37.1 Å². The highest BCUT2D eigenvalue weighted by molar-refractivity contribution is 6.09. The second-order valence-corrected chi connectivity index (χ2v) is 6.29. The molecule has 2 aromatic carbocycles. The van der Waals surface area contributed by atoms with Crippen molar-refractivity contribution in [2.45, 2.75) is 13.3 Å². The summed E-state index contributed by atoms with van der Waals surface area (Å²) >= 11 is 0. The molecule has 1 heterocycles. The fourth-order valence-electron chi connectivity index (χ4n) is 3.10. The molecule has 0 spiro atoms. The molecule has 3 rings (SSSR count). The average molecular weight is 384 g/mol. The van der Waals surface area contributed by atoms with Crippen LogP contribution in [0.1, 0.15) is 27.6 Å². The van der Waals surface area contributed by atoms with Crippen LogP contribution in [0.3, 0.4) is 0 Å². The Labute approximate surface area is 161 Å². The maximum Gasteiger partial charge on any atom is 0.253 e. The molecule has 1 aromatic heterocycles. The van der Waals surface area contributed by atoms with Gasteiger partial charge in [0.2, 0.25) is 5.91 Å². The number of aromatic nitrogens is 1. The third-order valence-corrected chi connectivity index (χ3v) is 4.50. The number of nitrogens with one attached hydrogen (secondary N) is 1. The van der Waals surface area contributed by atoms with Gasteiger partial charge in [-0.3, -0.25) is 14.2 Å². The van der Waals surface area contributed by atoms with E-state index in [9.17, 15) is 14.0 Å². The van der Waals surface area contributed by atoms with Gasteiger partial charge >= 0.3 is 0 Å². The topological polar surface area (TPSA) is 69.6 Å². The number of fused-ring (bicyclic) bond motifs is 1. The Morgan fingerprint density at radius 3 is 2.50 bits per heavy atom. The predicted molar refractivity (Wildman–Crippen MR) is 104 cm³/mol. The molecule has 0 aliphatic carbocycles. The number of benzene rings is 2. The molecule has 146 valence electrons. The first-order chi connectivity index (χ1) is 13.4. The number of hydrogen-bond donors (Lipinski definition) is 1. The number of nitrogens with zero attached hydrogens (tertiary/aromatic N) is 1. The molecule has 1 N–H and O–H groups in total. The van der Waals surface area contributed by atoms with Crippen molar-refractivity contribution >= 4 is 22.7 Å². The van der Waals surface area contributed by atoms with Crippen LogP contribution in [0.15, 0.2) is 42.6 Å². The summed E-state index contributed by atoms with van der Waals surface area (Å²) in [5.74, 6) is 0.172. The van der Waals surface area contributed by atoms with Crippen molar-refractivity contribution in [3.05, 3.63) is 59.5 Å².